The number of ketones is 2. The lowest BCUT2D eigenvalue weighted by molar-refractivity contribution is -0.137. The SMILES string of the molecule is CCCCCC(=O)/C=C/C1CCC(=O)[C@@H]1C/C=C/CCCC(=O)O. The van der Waals surface area contributed by atoms with Gasteiger partial charge in [0.1, 0.15) is 5.78 Å². The van der Waals surface area contributed by atoms with E-state index in [0.717, 1.165) is 32.1 Å². The molecule has 4 heteroatoms. The highest BCUT2D eigenvalue weighted by Gasteiger charge is 2.31. The van der Waals surface area contributed by atoms with Gasteiger partial charge in [-0.25, -0.2) is 0 Å². The van der Waals surface area contributed by atoms with E-state index in [1.165, 1.54) is 0 Å². The fourth-order valence-corrected chi connectivity index (χ4v) is 3.07. The van der Waals surface area contributed by atoms with Gasteiger partial charge < -0.3 is 5.11 Å². The molecule has 134 valence electrons. The van der Waals surface area contributed by atoms with Crippen LogP contribution in [0.5, 0.6) is 0 Å². The lowest BCUT2D eigenvalue weighted by Gasteiger charge is -2.12. The second-order valence-electron chi connectivity index (χ2n) is 6.55. The molecule has 2 atom stereocenters. The Bertz CT molecular complexity index is 476. The number of hydrogen-bond donors (Lipinski definition) is 1. The summed E-state index contributed by atoms with van der Waals surface area (Å²) >= 11 is 0. The number of carbonyl (C=O) groups is 3. The monoisotopic (exact) mass is 334 g/mol. The van der Waals surface area contributed by atoms with Crippen molar-refractivity contribution in [2.24, 2.45) is 11.8 Å². The molecule has 0 spiro atoms. The van der Waals surface area contributed by atoms with E-state index >= 15 is 0 Å². The van der Waals surface area contributed by atoms with E-state index in [-0.39, 0.29) is 29.8 Å². The van der Waals surface area contributed by atoms with Gasteiger partial charge in [0.25, 0.3) is 0 Å². The molecule has 1 aliphatic rings. The van der Waals surface area contributed by atoms with Crippen LogP contribution < -0.4 is 0 Å². The predicted octanol–water partition coefficient (Wildman–Crippen LogP) is 4.49. The second kappa shape index (κ2) is 11.8. The molecule has 1 aliphatic carbocycles. The molecular weight excluding hydrogens is 304 g/mol. The molecule has 4 nitrogen and oxygen atoms in total. The number of unbranched alkanes of at least 4 members (excludes halogenated alkanes) is 3. The summed E-state index contributed by atoms with van der Waals surface area (Å²) in [5.74, 6) is -0.205. The van der Waals surface area contributed by atoms with Crippen LogP contribution in [0.1, 0.15) is 71.1 Å². The van der Waals surface area contributed by atoms with Gasteiger partial charge in [-0.2, -0.15) is 0 Å². The van der Waals surface area contributed by atoms with Crippen molar-refractivity contribution in [3.8, 4) is 0 Å². The van der Waals surface area contributed by atoms with Crippen molar-refractivity contribution in [3.63, 3.8) is 0 Å². The normalized spacial score (nSPS) is 21.1. The van der Waals surface area contributed by atoms with E-state index in [4.69, 9.17) is 5.11 Å². The lowest BCUT2D eigenvalue weighted by Crippen LogP contribution is -2.12. The maximum atomic E-state index is 12.0. The Hall–Kier alpha value is -1.71. The van der Waals surface area contributed by atoms with Gasteiger partial charge in [-0.1, -0.05) is 38.0 Å². The maximum Gasteiger partial charge on any atom is 0.303 e. The highest BCUT2D eigenvalue weighted by molar-refractivity contribution is 5.90. The van der Waals surface area contributed by atoms with Crippen molar-refractivity contribution >= 4 is 17.5 Å². The molecule has 1 rings (SSSR count). The molecule has 0 heterocycles. The zero-order chi connectivity index (χ0) is 17.8. The molecule has 1 N–H and O–H groups in total. The molecule has 24 heavy (non-hydrogen) atoms. The quantitative estimate of drug-likeness (QED) is 0.324. The van der Waals surface area contributed by atoms with E-state index in [9.17, 15) is 14.4 Å². The van der Waals surface area contributed by atoms with Crippen LogP contribution in [0.15, 0.2) is 24.3 Å². The molecule has 0 saturated heterocycles. The fraction of sp³-hybridized carbons (Fsp3) is 0.650. The Kier molecular flexibility index (Phi) is 9.97. The lowest BCUT2D eigenvalue weighted by atomic mass is 9.91. The van der Waals surface area contributed by atoms with E-state index < -0.39 is 5.97 Å². The summed E-state index contributed by atoms with van der Waals surface area (Å²) in [6.07, 6.45) is 14.9. The van der Waals surface area contributed by atoms with Gasteiger partial charge in [-0.3, -0.25) is 14.4 Å². The van der Waals surface area contributed by atoms with E-state index in [2.05, 4.69) is 6.92 Å². The summed E-state index contributed by atoms with van der Waals surface area (Å²) in [5.41, 5.74) is 0. The summed E-state index contributed by atoms with van der Waals surface area (Å²) in [7, 11) is 0. The van der Waals surface area contributed by atoms with Crippen LogP contribution in [-0.2, 0) is 14.4 Å². The minimum Gasteiger partial charge on any atom is -0.481 e. The maximum absolute atomic E-state index is 12.0. The van der Waals surface area contributed by atoms with Crippen molar-refractivity contribution in [1.29, 1.82) is 0 Å². The Morgan fingerprint density at radius 3 is 2.67 bits per heavy atom. The summed E-state index contributed by atoms with van der Waals surface area (Å²) in [4.78, 5) is 34.3. The van der Waals surface area contributed by atoms with Crippen molar-refractivity contribution in [2.75, 3.05) is 0 Å². The number of rotatable bonds is 12. The average molecular weight is 334 g/mol. The van der Waals surface area contributed by atoms with Crippen LogP contribution in [0.2, 0.25) is 0 Å². The second-order valence-corrected chi connectivity index (χ2v) is 6.55. The van der Waals surface area contributed by atoms with Gasteiger partial charge in [-0.05, 0) is 44.1 Å². The van der Waals surface area contributed by atoms with Gasteiger partial charge in [-0.15, -0.1) is 0 Å². The van der Waals surface area contributed by atoms with Crippen molar-refractivity contribution in [3.05, 3.63) is 24.3 Å². The molecule has 0 aromatic carbocycles. The topological polar surface area (TPSA) is 71.4 Å². The first-order chi connectivity index (χ1) is 11.5. The average Bonchev–Trinajstić information content (AvgIpc) is 2.89. The molecule has 1 unspecified atom stereocenters. The van der Waals surface area contributed by atoms with Gasteiger partial charge in [0.15, 0.2) is 5.78 Å². The fourth-order valence-electron chi connectivity index (χ4n) is 3.07. The third kappa shape index (κ3) is 8.23. The zero-order valence-electron chi connectivity index (χ0n) is 14.7. The predicted molar refractivity (Wildman–Crippen MR) is 94.8 cm³/mol. The van der Waals surface area contributed by atoms with Crippen molar-refractivity contribution < 1.29 is 19.5 Å². The molecule has 1 fully saturated rings. The third-order valence-electron chi connectivity index (χ3n) is 4.53. The van der Waals surface area contributed by atoms with Crippen LogP contribution >= 0.6 is 0 Å². The minimum atomic E-state index is -0.775. The molecule has 0 radical (unpaired) electrons. The molecule has 0 bridgehead atoms. The number of carbonyl (C=O) groups excluding carboxylic acids is 2. The molecule has 0 aliphatic heterocycles. The Labute approximate surface area is 145 Å². The number of carboxylic acids is 1. The first-order valence-corrected chi connectivity index (χ1v) is 9.15. The van der Waals surface area contributed by atoms with Crippen molar-refractivity contribution in [1.82, 2.24) is 0 Å². The largest absolute Gasteiger partial charge is 0.481 e. The Morgan fingerprint density at radius 2 is 1.96 bits per heavy atom. The summed E-state index contributed by atoms with van der Waals surface area (Å²) in [5, 5.41) is 8.58. The van der Waals surface area contributed by atoms with Crippen LogP contribution in [-0.4, -0.2) is 22.6 Å². The highest BCUT2D eigenvalue weighted by atomic mass is 16.4. The third-order valence-corrected chi connectivity index (χ3v) is 4.53. The Balaban J connectivity index is 2.38. The molecule has 0 amide bonds. The summed E-state index contributed by atoms with van der Waals surface area (Å²) < 4.78 is 0. The van der Waals surface area contributed by atoms with Crippen LogP contribution in [0, 0.1) is 11.8 Å². The summed E-state index contributed by atoms with van der Waals surface area (Å²) in [6.45, 7) is 2.12. The molecule has 0 aromatic heterocycles. The van der Waals surface area contributed by atoms with Gasteiger partial charge >= 0.3 is 5.97 Å². The molecule has 1 saturated carbocycles. The highest BCUT2D eigenvalue weighted by Crippen LogP contribution is 2.32. The number of allylic oxidation sites excluding steroid dienone is 4. The first kappa shape index (κ1) is 20.3. The number of aliphatic carboxylic acids is 1. The minimum absolute atomic E-state index is 0.0274. The van der Waals surface area contributed by atoms with Gasteiger partial charge in [0, 0.05) is 25.2 Å². The van der Waals surface area contributed by atoms with Crippen molar-refractivity contribution in [2.45, 2.75) is 71.1 Å². The zero-order valence-corrected chi connectivity index (χ0v) is 14.7. The standard InChI is InChI=1S/C20H30O4/c1-2-3-6-9-17(21)14-12-16-13-15-19(22)18(16)10-7-4-5-8-11-20(23)24/h4,7,12,14,16,18H,2-3,5-6,8-11,13,15H2,1H3,(H,23,24)/b7-4+,14-12+/t16?,18-/m1/s1. The van der Waals surface area contributed by atoms with Gasteiger partial charge in [0.2, 0.25) is 0 Å². The number of hydrogen-bond acceptors (Lipinski definition) is 3. The van der Waals surface area contributed by atoms with Crippen LogP contribution in [0.4, 0.5) is 0 Å². The van der Waals surface area contributed by atoms with Crippen LogP contribution in [0.3, 0.4) is 0 Å². The first-order valence-electron chi connectivity index (χ1n) is 9.15. The Morgan fingerprint density at radius 1 is 1.17 bits per heavy atom. The smallest absolute Gasteiger partial charge is 0.303 e. The van der Waals surface area contributed by atoms with E-state index in [0.29, 0.717) is 25.7 Å². The molecule has 0 aromatic rings. The van der Waals surface area contributed by atoms with E-state index in [1.807, 2.05) is 18.2 Å². The van der Waals surface area contributed by atoms with Crippen LogP contribution in [0.25, 0.3) is 0 Å². The summed E-state index contributed by atoms with van der Waals surface area (Å²) in [6, 6.07) is 0. The number of Topliss-reactive ketones (excluding diaryl/α,β-unsaturated/α-hetero) is 1. The number of carboxylic acid groups (broad SMARTS) is 1. The van der Waals surface area contributed by atoms with E-state index in [1.54, 1.807) is 6.08 Å². The molecular formula is C20H30O4. The van der Waals surface area contributed by atoms with Gasteiger partial charge in [0.05, 0.1) is 0 Å².